The van der Waals surface area contributed by atoms with Gasteiger partial charge in [-0.15, -0.1) is 0 Å². The van der Waals surface area contributed by atoms with Crippen molar-refractivity contribution in [3.05, 3.63) is 72.9 Å². The van der Waals surface area contributed by atoms with Gasteiger partial charge >= 0.3 is 17.9 Å². The summed E-state index contributed by atoms with van der Waals surface area (Å²) in [4.78, 5) is 38.0. The number of hydrogen-bond donors (Lipinski definition) is 0. The molecule has 0 radical (unpaired) electrons. The van der Waals surface area contributed by atoms with Crippen molar-refractivity contribution in [2.24, 2.45) is 0 Å². The van der Waals surface area contributed by atoms with Crippen molar-refractivity contribution in [1.82, 2.24) is 0 Å². The van der Waals surface area contributed by atoms with Crippen LogP contribution < -0.4 is 0 Å². The van der Waals surface area contributed by atoms with E-state index >= 15 is 0 Å². The fraction of sp³-hybridized carbons (Fsp3) is 0.737. The number of rotatable bonds is 47. The van der Waals surface area contributed by atoms with Crippen LogP contribution in [0.15, 0.2) is 72.9 Å². The normalized spacial score (nSPS) is 12.6. The summed E-state index contributed by atoms with van der Waals surface area (Å²) >= 11 is 0. The molecule has 1 atom stereocenters. The Morgan fingerprint density at radius 3 is 0.968 bits per heavy atom. The highest BCUT2D eigenvalue weighted by Crippen LogP contribution is 2.13. The van der Waals surface area contributed by atoms with Gasteiger partial charge in [0.15, 0.2) is 6.10 Å². The highest BCUT2D eigenvalue weighted by molar-refractivity contribution is 5.71. The molecule has 0 aromatic heterocycles. The number of carbonyl (C=O) groups is 3. The molecule has 0 bridgehead atoms. The van der Waals surface area contributed by atoms with Gasteiger partial charge in [0, 0.05) is 19.3 Å². The van der Waals surface area contributed by atoms with Crippen LogP contribution in [0.2, 0.25) is 0 Å². The molecule has 0 unspecified atom stereocenters. The van der Waals surface area contributed by atoms with Crippen LogP contribution in [0, 0.1) is 0 Å². The molecule has 0 fully saturated rings. The summed E-state index contributed by atoms with van der Waals surface area (Å²) in [6.45, 7) is 6.53. The lowest BCUT2D eigenvalue weighted by Crippen LogP contribution is -2.30. The predicted molar refractivity (Wildman–Crippen MR) is 270 cm³/mol. The SMILES string of the molecule is CCCCC/C=C\C/C=C\C/C=C\CCCCC(=O)OC[C@H](COC(=O)CCCCCCC/C=C\C/C=C\CCCCC)OC(=O)CCCCCCC/C=C\CCCCCCCC. The van der Waals surface area contributed by atoms with Gasteiger partial charge in [0.05, 0.1) is 0 Å². The molecular weight excluding hydrogens is 781 g/mol. The van der Waals surface area contributed by atoms with Crippen molar-refractivity contribution in [3.63, 3.8) is 0 Å². The van der Waals surface area contributed by atoms with Crippen LogP contribution in [0.3, 0.4) is 0 Å². The minimum absolute atomic E-state index is 0.0982. The van der Waals surface area contributed by atoms with Gasteiger partial charge in [0.25, 0.3) is 0 Å². The molecule has 6 nitrogen and oxygen atoms in total. The van der Waals surface area contributed by atoms with Crippen LogP contribution in [0.5, 0.6) is 0 Å². The first-order chi connectivity index (χ1) is 31.0. The van der Waals surface area contributed by atoms with E-state index in [0.717, 1.165) is 109 Å². The third-order valence-electron chi connectivity index (χ3n) is 11.2. The molecule has 0 N–H and O–H groups in total. The molecule has 0 rings (SSSR count). The maximum Gasteiger partial charge on any atom is 0.306 e. The van der Waals surface area contributed by atoms with Gasteiger partial charge in [-0.05, 0) is 116 Å². The van der Waals surface area contributed by atoms with Crippen LogP contribution in [-0.4, -0.2) is 37.2 Å². The standard InChI is InChI=1S/C57H98O6/c1-4-7-10-13-16-19-22-25-28-31-34-37-40-43-46-49-55(58)61-52-54(63-57(60)51-48-45-42-39-36-33-30-27-24-21-18-15-12-9-6-3)53-62-56(59)50-47-44-41-38-35-32-29-26-23-20-17-14-11-8-5-2/h16-17,19-20,25-30,34,37,54H,4-15,18,21-24,31-33,35-36,38-53H2,1-3H3/b19-16-,20-17-,28-25-,29-26-,30-27-,37-34-/t54-/m1/s1. The summed E-state index contributed by atoms with van der Waals surface area (Å²) in [6, 6.07) is 0. The minimum Gasteiger partial charge on any atom is -0.462 e. The lowest BCUT2D eigenvalue weighted by molar-refractivity contribution is -0.167. The Balaban J connectivity index is 4.48. The number of hydrogen-bond acceptors (Lipinski definition) is 6. The van der Waals surface area contributed by atoms with E-state index in [1.807, 2.05) is 0 Å². The molecule has 0 saturated carbocycles. The van der Waals surface area contributed by atoms with Crippen molar-refractivity contribution >= 4 is 17.9 Å². The van der Waals surface area contributed by atoms with Gasteiger partial charge in [-0.1, -0.05) is 190 Å². The largest absolute Gasteiger partial charge is 0.462 e. The van der Waals surface area contributed by atoms with E-state index in [9.17, 15) is 14.4 Å². The number of unbranched alkanes of at least 4 members (excludes halogenated alkanes) is 24. The van der Waals surface area contributed by atoms with Gasteiger partial charge in [-0.25, -0.2) is 0 Å². The highest BCUT2D eigenvalue weighted by atomic mass is 16.6. The van der Waals surface area contributed by atoms with Crippen molar-refractivity contribution < 1.29 is 28.6 Å². The summed E-state index contributed by atoms with van der Waals surface area (Å²) in [7, 11) is 0. The van der Waals surface area contributed by atoms with Gasteiger partial charge in [0.2, 0.25) is 0 Å². The molecule has 0 spiro atoms. The Morgan fingerprint density at radius 2 is 0.571 bits per heavy atom. The fourth-order valence-electron chi connectivity index (χ4n) is 7.12. The van der Waals surface area contributed by atoms with Crippen molar-refractivity contribution in [1.29, 1.82) is 0 Å². The molecular formula is C57H98O6. The third kappa shape index (κ3) is 49.7. The van der Waals surface area contributed by atoms with E-state index in [-0.39, 0.29) is 31.1 Å². The van der Waals surface area contributed by atoms with Crippen LogP contribution >= 0.6 is 0 Å². The molecule has 0 aliphatic heterocycles. The molecule has 0 aliphatic carbocycles. The zero-order valence-electron chi connectivity index (χ0n) is 41.3. The van der Waals surface area contributed by atoms with Gasteiger partial charge in [-0.2, -0.15) is 0 Å². The summed E-state index contributed by atoms with van der Waals surface area (Å²) in [5, 5.41) is 0. The predicted octanol–water partition coefficient (Wildman–Crippen LogP) is 17.4. The van der Waals surface area contributed by atoms with Crippen LogP contribution in [0.25, 0.3) is 0 Å². The van der Waals surface area contributed by atoms with E-state index in [4.69, 9.17) is 14.2 Å². The molecule has 6 heteroatoms. The Bertz CT molecular complexity index is 1190. The van der Waals surface area contributed by atoms with Crippen LogP contribution in [0.1, 0.15) is 252 Å². The Morgan fingerprint density at radius 1 is 0.317 bits per heavy atom. The monoisotopic (exact) mass is 879 g/mol. The molecule has 0 amide bonds. The average molecular weight is 879 g/mol. The third-order valence-corrected chi connectivity index (χ3v) is 11.2. The maximum absolute atomic E-state index is 12.8. The summed E-state index contributed by atoms with van der Waals surface area (Å²) < 4.78 is 16.8. The first-order valence-corrected chi connectivity index (χ1v) is 26.4. The fourth-order valence-corrected chi connectivity index (χ4v) is 7.12. The van der Waals surface area contributed by atoms with Gasteiger partial charge in [-0.3, -0.25) is 14.4 Å². The first-order valence-electron chi connectivity index (χ1n) is 26.4. The molecule has 63 heavy (non-hydrogen) atoms. The number of allylic oxidation sites excluding steroid dienone is 12. The Hall–Kier alpha value is -3.15. The van der Waals surface area contributed by atoms with E-state index in [1.54, 1.807) is 0 Å². The zero-order valence-corrected chi connectivity index (χ0v) is 41.3. The molecule has 0 heterocycles. The van der Waals surface area contributed by atoms with Gasteiger partial charge < -0.3 is 14.2 Å². The molecule has 0 saturated heterocycles. The summed E-state index contributed by atoms with van der Waals surface area (Å²) in [6.07, 6.45) is 64.5. The van der Waals surface area contributed by atoms with Gasteiger partial charge in [0.1, 0.15) is 13.2 Å². The Kier molecular flexibility index (Phi) is 48.9. The average Bonchev–Trinajstić information content (AvgIpc) is 3.28. The summed E-state index contributed by atoms with van der Waals surface area (Å²) in [5.41, 5.74) is 0. The van der Waals surface area contributed by atoms with E-state index < -0.39 is 6.10 Å². The smallest absolute Gasteiger partial charge is 0.306 e. The number of carbonyl (C=O) groups excluding carboxylic acids is 3. The van der Waals surface area contributed by atoms with E-state index in [1.165, 1.54) is 103 Å². The van der Waals surface area contributed by atoms with E-state index in [2.05, 4.69) is 93.7 Å². The minimum atomic E-state index is -0.800. The molecule has 0 aromatic rings. The van der Waals surface area contributed by atoms with E-state index in [0.29, 0.717) is 19.3 Å². The summed E-state index contributed by atoms with van der Waals surface area (Å²) in [5.74, 6) is -0.957. The Labute approximate surface area is 389 Å². The second kappa shape index (κ2) is 51.5. The number of ether oxygens (including phenoxy) is 3. The lowest BCUT2D eigenvalue weighted by atomic mass is 10.1. The maximum atomic E-state index is 12.8. The second-order valence-corrected chi connectivity index (χ2v) is 17.4. The first kappa shape index (κ1) is 59.9. The topological polar surface area (TPSA) is 78.9 Å². The highest BCUT2D eigenvalue weighted by Gasteiger charge is 2.19. The zero-order chi connectivity index (χ0) is 45.8. The van der Waals surface area contributed by atoms with Crippen molar-refractivity contribution in [3.8, 4) is 0 Å². The van der Waals surface area contributed by atoms with Crippen molar-refractivity contribution in [2.45, 2.75) is 258 Å². The number of esters is 3. The quantitative estimate of drug-likeness (QED) is 0.0262. The van der Waals surface area contributed by atoms with Crippen molar-refractivity contribution in [2.75, 3.05) is 13.2 Å². The molecule has 0 aliphatic rings. The molecule has 362 valence electrons. The molecule has 0 aromatic carbocycles. The van der Waals surface area contributed by atoms with Crippen LogP contribution in [0.4, 0.5) is 0 Å². The second-order valence-electron chi connectivity index (χ2n) is 17.4. The lowest BCUT2D eigenvalue weighted by Gasteiger charge is -2.18. The van der Waals surface area contributed by atoms with Crippen LogP contribution in [-0.2, 0) is 28.6 Å².